The summed E-state index contributed by atoms with van der Waals surface area (Å²) >= 11 is 0. The maximum atomic E-state index is 5.30. The molecule has 1 aromatic rings. The Labute approximate surface area is 85.3 Å². The summed E-state index contributed by atoms with van der Waals surface area (Å²) in [5, 5.41) is 0. The molecule has 0 aromatic heterocycles. The van der Waals surface area contributed by atoms with Crippen molar-refractivity contribution in [2.24, 2.45) is 5.73 Å². The van der Waals surface area contributed by atoms with Gasteiger partial charge in [0.2, 0.25) is 0 Å². The lowest BCUT2D eigenvalue weighted by molar-refractivity contribution is 1.58. The Balaban J connectivity index is 3.00. The minimum absolute atomic E-state index is 1.16. The zero-order valence-corrected chi connectivity index (χ0v) is 8.35. The highest BCUT2D eigenvalue weighted by molar-refractivity contribution is 5.74. The van der Waals surface area contributed by atoms with E-state index >= 15 is 0 Å². The lowest BCUT2D eigenvalue weighted by Crippen LogP contribution is -1.80. The summed E-state index contributed by atoms with van der Waals surface area (Å²) in [6.45, 7) is 2.00. The molecular weight excluding hydrogens is 170 g/mol. The molecule has 0 saturated heterocycles. The average Bonchev–Trinajstić information content (AvgIpc) is 2.25. The van der Waals surface area contributed by atoms with Crippen LogP contribution in [-0.2, 0) is 0 Å². The maximum absolute atomic E-state index is 5.30. The molecule has 0 aliphatic carbocycles. The molecule has 0 aliphatic rings. The van der Waals surface area contributed by atoms with Gasteiger partial charge in [-0.2, -0.15) is 0 Å². The Bertz CT molecular complexity index is 345. The average molecular weight is 185 g/mol. The van der Waals surface area contributed by atoms with Crippen LogP contribution in [0.25, 0.3) is 5.57 Å². The quantitative estimate of drug-likeness (QED) is 0.719. The van der Waals surface area contributed by atoms with Gasteiger partial charge < -0.3 is 5.73 Å². The molecule has 0 radical (unpaired) electrons. The molecule has 0 unspecified atom stereocenters. The zero-order valence-electron chi connectivity index (χ0n) is 8.35. The largest absolute Gasteiger partial charge is 0.405 e. The van der Waals surface area contributed by atoms with Crippen LogP contribution >= 0.6 is 0 Å². The summed E-state index contributed by atoms with van der Waals surface area (Å²) < 4.78 is 0. The van der Waals surface area contributed by atoms with Crippen molar-refractivity contribution in [2.75, 3.05) is 0 Å². The highest BCUT2D eigenvalue weighted by Crippen LogP contribution is 2.15. The van der Waals surface area contributed by atoms with Gasteiger partial charge in [0, 0.05) is 0 Å². The van der Waals surface area contributed by atoms with Gasteiger partial charge in [0.25, 0.3) is 0 Å². The molecule has 0 atom stereocenters. The predicted octanol–water partition coefficient (Wildman–Crippen LogP) is 3.12. The van der Waals surface area contributed by atoms with Crippen LogP contribution in [0.2, 0.25) is 0 Å². The first-order valence-electron chi connectivity index (χ1n) is 4.65. The second kappa shape index (κ2) is 5.81. The summed E-state index contributed by atoms with van der Waals surface area (Å²) in [5.41, 5.74) is 7.66. The highest BCUT2D eigenvalue weighted by atomic mass is 14.5. The normalized spacial score (nSPS) is 12.8. The third-order valence-corrected chi connectivity index (χ3v) is 1.84. The van der Waals surface area contributed by atoms with E-state index in [1.807, 2.05) is 43.4 Å². The van der Waals surface area contributed by atoms with Gasteiger partial charge in [0.05, 0.1) is 0 Å². The Kier molecular flexibility index (Phi) is 4.29. The van der Waals surface area contributed by atoms with Gasteiger partial charge in [0.15, 0.2) is 0 Å². The summed E-state index contributed by atoms with van der Waals surface area (Å²) in [5.74, 6) is 0. The third-order valence-electron chi connectivity index (χ3n) is 1.84. The summed E-state index contributed by atoms with van der Waals surface area (Å²) in [6.07, 6.45) is 9.45. The van der Waals surface area contributed by atoms with E-state index in [1.165, 1.54) is 11.8 Å². The van der Waals surface area contributed by atoms with Gasteiger partial charge >= 0.3 is 0 Å². The van der Waals surface area contributed by atoms with E-state index in [0.29, 0.717) is 0 Å². The van der Waals surface area contributed by atoms with Gasteiger partial charge in [0.1, 0.15) is 0 Å². The van der Waals surface area contributed by atoms with Crippen molar-refractivity contribution in [3.8, 4) is 0 Å². The van der Waals surface area contributed by atoms with E-state index in [-0.39, 0.29) is 0 Å². The van der Waals surface area contributed by atoms with Gasteiger partial charge in [-0.1, -0.05) is 48.6 Å². The van der Waals surface area contributed by atoms with Crippen molar-refractivity contribution in [2.45, 2.75) is 6.92 Å². The Morgan fingerprint density at radius 2 is 1.93 bits per heavy atom. The fraction of sp³-hybridized carbons (Fsp3) is 0.0769. The van der Waals surface area contributed by atoms with E-state index in [9.17, 15) is 0 Å². The predicted molar refractivity (Wildman–Crippen MR) is 62.6 cm³/mol. The van der Waals surface area contributed by atoms with Crippen LogP contribution in [0.15, 0.2) is 60.8 Å². The van der Waals surface area contributed by atoms with Crippen molar-refractivity contribution >= 4 is 5.57 Å². The third kappa shape index (κ3) is 2.94. The van der Waals surface area contributed by atoms with Crippen molar-refractivity contribution in [3.05, 3.63) is 66.4 Å². The van der Waals surface area contributed by atoms with E-state index in [4.69, 9.17) is 5.73 Å². The van der Waals surface area contributed by atoms with E-state index in [0.717, 1.165) is 5.57 Å². The van der Waals surface area contributed by atoms with Gasteiger partial charge in [-0.3, -0.25) is 0 Å². The molecule has 0 aliphatic heterocycles. The molecule has 0 amide bonds. The fourth-order valence-corrected chi connectivity index (χ4v) is 1.22. The zero-order chi connectivity index (χ0) is 10.2. The Morgan fingerprint density at radius 1 is 1.21 bits per heavy atom. The summed E-state index contributed by atoms with van der Waals surface area (Å²) in [6, 6.07) is 10.2. The second-order valence-corrected chi connectivity index (χ2v) is 2.87. The number of benzene rings is 1. The van der Waals surface area contributed by atoms with E-state index in [1.54, 1.807) is 0 Å². The topological polar surface area (TPSA) is 26.0 Å². The Morgan fingerprint density at radius 3 is 2.50 bits per heavy atom. The van der Waals surface area contributed by atoms with Crippen LogP contribution in [0.1, 0.15) is 12.5 Å². The van der Waals surface area contributed by atoms with Crippen LogP contribution in [0.5, 0.6) is 0 Å². The first-order chi connectivity index (χ1) is 6.88. The molecule has 0 bridgehead atoms. The lowest BCUT2D eigenvalue weighted by Gasteiger charge is -2.00. The van der Waals surface area contributed by atoms with Crippen LogP contribution in [0.4, 0.5) is 0 Å². The second-order valence-electron chi connectivity index (χ2n) is 2.87. The first-order valence-corrected chi connectivity index (χ1v) is 4.65. The lowest BCUT2D eigenvalue weighted by atomic mass is 10.1. The molecular formula is C13H15N. The molecule has 1 aromatic carbocycles. The van der Waals surface area contributed by atoms with Crippen LogP contribution in [0, 0.1) is 0 Å². The van der Waals surface area contributed by atoms with Crippen LogP contribution < -0.4 is 5.73 Å². The number of allylic oxidation sites excluding steroid dienone is 5. The minimum atomic E-state index is 1.16. The number of hydrogen-bond acceptors (Lipinski definition) is 1. The smallest absolute Gasteiger partial charge is 0.00622 e. The van der Waals surface area contributed by atoms with E-state index in [2.05, 4.69) is 18.2 Å². The Hall–Kier alpha value is -1.76. The monoisotopic (exact) mass is 185 g/mol. The minimum Gasteiger partial charge on any atom is -0.405 e. The van der Waals surface area contributed by atoms with Gasteiger partial charge in [-0.05, 0) is 30.3 Å². The summed E-state index contributed by atoms with van der Waals surface area (Å²) in [4.78, 5) is 0. The molecule has 72 valence electrons. The maximum Gasteiger partial charge on any atom is -0.00622 e. The van der Waals surface area contributed by atoms with Crippen LogP contribution in [0.3, 0.4) is 0 Å². The van der Waals surface area contributed by atoms with Gasteiger partial charge in [-0.15, -0.1) is 0 Å². The molecule has 1 rings (SSSR count). The van der Waals surface area contributed by atoms with Crippen molar-refractivity contribution < 1.29 is 0 Å². The standard InChI is InChI=1S/C13H15N/c1-2-7-12(10-6-11-14)13-8-4-3-5-9-13/h2-11H,14H2,1H3/b7-2+,11-6-,12-10+. The molecule has 14 heavy (non-hydrogen) atoms. The molecule has 0 spiro atoms. The van der Waals surface area contributed by atoms with Gasteiger partial charge in [-0.25, -0.2) is 0 Å². The number of rotatable bonds is 3. The van der Waals surface area contributed by atoms with Crippen molar-refractivity contribution in [1.29, 1.82) is 0 Å². The molecule has 0 fully saturated rings. The molecule has 2 N–H and O–H groups in total. The van der Waals surface area contributed by atoms with Crippen molar-refractivity contribution in [3.63, 3.8) is 0 Å². The number of hydrogen-bond donors (Lipinski definition) is 1. The van der Waals surface area contributed by atoms with Crippen molar-refractivity contribution in [1.82, 2.24) is 0 Å². The number of nitrogens with two attached hydrogens (primary N) is 1. The fourth-order valence-electron chi connectivity index (χ4n) is 1.22. The molecule has 0 heterocycles. The highest BCUT2D eigenvalue weighted by Gasteiger charge is 1.93. The summed E-state index contributed by atoms with van der Waals surface area (Å²) in [7, 11) is 0. The molecule has 1 heteroatoms. The molecule has 1 nitrogen and oxygen atoms in total. The van der Waals surface area contributed by atoms with Crippen LogP contribution in [-0.4, -0.2) is 0 Å². The SMILES string of the molecule is C/C=C/C(=C\C=C/N)c1ccccc1. The van der Waals surface area contributed by atoms with E-state index < -0.39 is 0 Å². The first kappa shape index (κ1) is 10.3. The molecule has 0 saturated carbocycles.